The first-order valence-corrected chi connectivity index (χ1v) is 9.48. The van der Waals surface area contributed by atoms with Gasteiger partial charge >= 0.3 is 5.69 Å². The van der Waals surface area contributed by atoms with Crippen LogP contribution in [0.1, 0.15) is 25.3 Å². The zero-order valence-electron chi connectivity index (χ0n) is 16.2. The summed E-state index contributed by atoms with van der Waals surface area (Å²) in [5.41, 5.74) is -0.0162. The first-order chi connectivity index (χ1) is 13.4. The van der Waals surface area contributed by atoms with E-state index < -0.39 is 0 Å². The van der Waals surface area contributed by atoms with Crippen molar-refractivity contribution in [1.82, 2.24) is 14.5 Å². The van der Waals surface area contributed by atoms with E-state index in [4.69, 9.17) is 0 Å². The molecule has 1 fully saturated rings. The van der Waals surface area contributed by atoms with Gasteiger partial charge in [-0.05, 0) is 37.5 Å². The average Bonchev–Trinajstić information content (AvgIpc) is 2.70. The van der Waals surface area contributed by atoms with E-state index in [2.05, 4.69) is 5.32 Å². The van der Waals surface area contributed by atoms with Crippen molar-refractivity contribution in [3.8, 4) is 0 Å². The van der Waals surface area contributed by atoms with Crippen molar-refractivity contribution in [3.63, 3.8) is 0 Å². The third-order valence-electron chi connectivity index (χ3n) is 5.17. The van der Waals surface area contributed by atoms with Gasteiger partial charge in [0, 0.05) is 39.3 Å². The van der Waals surface area contributed by atoms with Crippen molar-refractivity contribution in [2.45, 2.75) is 32.9 Å². The minimum Gasteiger partial charge on any atom is -0.357 e. The summed E-state index contributed by atoms with van der Waals surface area (Å²) in [5.74, 6) is -0.146. The number of nitrogens with zero attached hydrogens (tertiary/aromatic N) is 3. The quantitative estimate of drug-likeness (QED) is 0.836. The van der Waals surface area contributed by atoms with E-state index in [9.17, 15) is 18.8 Å². The van der Waals surface area contributed by atoms with Crippen LogP contribution in [0.3, 0.4) is 0 Å². The maximum atomic E-state index is 13.3. The number of carbonyl (C=O) groups is 1. The minimum absolute atomic E-state index is 0.108. The van der Waals surface area contributed by atoms with Crippen molar-refractivity contribution in [2.24, 2.45) is 13.0 Å². The van der Waals surface area contributed by atoms with Crippen molar-refractivity contribution in [3.05, 3.63) is 62.6 Å². The molecular formula is C20H25FN4O3. The molecule has 1 atom stereocenters. The highest BCUT2D eigenvalue weighted by Gasteiger charge is 2.27. The van der Waals surface area contributed by atoms with Gasteiger partial charge in [0.1, 0.15) is 11.6 Å². The first kappa shape index (κ1) is 19.9. The minimum atomic E-state index is -0.359. The Bertz CT molecular complexity index is 982. The fourth-order valence-corrected chi connectivity index (χ4v) is 3.60. The van der Waals surface area contributed by atoms with Crippen molar-refractivity contribution < 1.29 is 9.18 Å². The molecule has 0 radical (unpaired) electrons. The summed E-state index contributed by atoms with van der Waals surface area (Å²) in [6.07, 6.45) is 1.51. The number of amides is 1. The monoisotopic (exact) mass is 388 g/mol. The van der Waals surface area contributed by atoms with E-state index in [0.717, 1.165) is 17.4 Å². The molecule has 3 rings (SSSR count). The fraction of sp³-hybridized carbons (Fsp3) is 0.450. The van der Waals surface area contributed by atoms with Crippen LogP contribution in [0.2, 0.25) is 0 Å². The molecule has 1 amide bonds. The molecular weight excluding hydrogens is 363 g/mol. The lowest BCUT2D eigenvalue weighted by Crippen LogP contribution is -2.47. The summed E-state index contributed by atoms with van der Waals surface area (Å²) in [5, 5.41) is 2.86. The molecule has 1 aromatic heterocycles. The van der Waals surface area contributed by atoms with Crippen LogP contribution in [0.4, 0.5) is 10.2 Å². The molecule has 1 aromatic carbocycles. The highest BCUT2D eigenvalue weighted by molar-refractivity contribution is 5.79. The summed E-state index contributed by atoms with van der Waals surface area (Å²) in [7, 11) is 1.46. The highest BCUT2D eigenvalue weighted by atomic mass is 19.1. The number of nitrogens with one attached hydrogen (secondary N) is 1. The predicted molar refractivity (Wildman–Crippen MR) is 105 cm³/mol. The summed E-state index contributed by atoms with van der Waals surface area (Å²) in [6.45, 7) is 3.66. The van der Waals surface area contributed by atoms with Gasteiger partial charge in [0.25, 0.3) is 5.56 Å². The number of halogens is 1. The van der Waals surface area contributed by atoms with Crippen molar-refractivity contribution in [1.29, 1.82) is 0 Å². The molecule has 0 bridgehead atoms. The van der Waals surface area contributed by atoms with Crippen LogP contribution in [0.5, 0.6) is 0 Å². The summed E-state index contributed by atoms with van der Waals surface area (Å²) >= 11 is 0. The highest BCUT2D eigenvalue weighted by Crippen LogP contribution is 2.22. The van der Waals surface area contributed by atoms with Crippen molar-refractivity contribution >= 4 is 11.7 Å². The zero-order chi connectivity index (χ0) is 20.3. The van der Waals surface area contributed by atoms with Crippen LogP contribution in [0.25, 0.3) is 0 Å². The Morgan fingerprint density at radius 3 is 2.79 bits per heavy atom. The van der Waals surface area contributed by atoms with E-state index in [1.54, 1.807) is 16.7 Å². The lowest BCUT2D eigenvalue weighted by Gasteiger charge is -2.34. The van der Waals surface area contributed by atoms with Crippen LogP contribution in [0, 0.1) is 11.7 Å². The van der Waals surface area contributed by atoms with E-state index >= 15 is 0 Å². The number of hydrogen-bond donors (Lipinski definition) is 1. The first-order valence-electron chi connectivity index (χ1n) is 9.48. The van der Waals surface area contributed by atoms with E-state index in [1.165, 1.54) is 25.2 Å². The Morgan fingerprint density at radius 1 is 1.29 bits per heavy atom. The molecule has 8 heteroatoms. The largest absolute Gasteiger partial charge is 0.357 e. The van der Waals surface area contributed by atoms with E-state index in [-0.39, 0.29) is 35.4 Å². The maximum Gasteiger partial charge on any atom is 0.332 e. The van der Waals surface area contributed by atoms with Gasteiger partial charge in [-0.2, -0.15) is 0 Å². The number of hydrogen-bond acceptors (Lipinski definition) is 4. The molecule has 0 saturated carbocycles. The number of carbonyl (C=O) groups excluding carboxylic acids is 1. The van der Waals surface area contributed by atoms with Gasteiger partial charge in [0.05, 0.1) is 5.92 Å². The number of rotatable bonds is 5. The molecule has 1 N–H and O–H groups in total. The molecule has 1 aliphatic rings. The topological polar surface area (TPSA) is 76.3 Å². The van der Waals surface area contributed by atoms with Crippen LogP contribution in [-0.4, -0.2) is 28.1 Å². The van der Waals surface area contributed by atoms with Crippen LogP contribution in [0.15, 0.2) is 39.9 Å². The van der Waals surface area contributed by atoms with Crippen LogP contribution < -0.4 is 21.5 Å². The van der Waals surface area contributed by atoms with Crippen LogP contribution >= 0.6 is 0 Å². The van der Waals surface area contributed by atoms with Gasteiger partial charge in [-0.25, -0.2) is 9.18 Å². The standard InChI is InChI=1S/C20H25FN4O3/c1-3-25-17(11-18(26)23(2)20(25)28)24-9-5-7-15(13-24)19(27)22-12-14-6-4-8-16(21)10-14/h4,6,8,10-11,15H,3,5,7,9,12-13H2,1-2H3,(H,22,27). The number of aromatic nitrogens is 2. The predicted octanol–water partition coefficient (Wildman–Crippen LogP) is 1.24. The smallest absolute Gasteiger partial charge is 0.332 e. The molecule has 0 aliphatic carbocycles. The third kappa shape index (κ3) is 4.16. The molecule has 150 valence electrons. The number of piperidine rings is 1. The number of anilines is 1. The molecule has 28 heavy (non-hydrogen) atoms. The Labute approximate surface area is 162 Å². The molecule has 2 heterocycles. The zero-order valence-corrected chi connectivity index (χ0v) is 16.2. The number of benzene rings is 1. The van der Waals surface area contributed by atoms with Gasteiger partial charge in [-0.1, -0.05) is 12.1 Å². The van der Waals surface area contributed by atoms with E-state index in [1.807, 2.05) is 11.8 Å². The molecule has 0 spiro atoms. The van der Waals surface area contributed by atoms with Gasteiger partial charge in [-0.3, -0.25) is 18.7 Å². The second-order valence-electron chi connectivity index (χ2n) is 7.06. The van der Waals surface area contributed by atoms with Gasteiger partial charge < -0.3 is 10.2 Å². The Kier molecular flexibility index (Phi) is 5.96. The molecule has 1 aliphatic heterocycles. The normalized spacial score (nSPS) is 16.8. The van der Waals surface area contributed by atoms with Gasteiger partial charge in [-0.15, -0.1) is 0 Å². The van der Waals surface area contributed by atoms with E-state index in [0.29, 0.717) is 31.0 Å². The molecule has 1 unspecified atom stereocenters. The van der Waals surface area contributed by atoms with Gasteiger partial charge in [0.15, 0.2) is 0 Å². The molecule has 7 nitrogen and oxygen atoms in total. The Hall–Kier alpha value is -2.90. The SMILES string of the molecule is CCn1c(N2CCCC(C(=O)NCc3cccc(F)c3)C2)cc(=O)n(C)c1=O. The maximum absolute atomic E-state index is 13.3. The fourth-order valence-electron chi connectivity index (χ4n) is 3.60. The molecule has 1 saturated heterocycles. The summed E-state index contributed by atoms with van der Waals surface area (Å²) in [6, 6.07) is 7.59. The second-order valence-corrected chi connectivity index (χ2v) is 7.06. The lowest BCUT2D eigenvalue weighted by molar-refractivity contribution is -0.125. The Balaban J connectivity index is 1.73. The lowest BCUT2D eigenvalue weighted by atomic mass is 9.97. The van der Waals surface area contributed by atoms with Crippen molar-refractivity contribution in [2.75, 3.05) is 18.0 Å². The third-order valence-corrected chi connectivity index (χ3v) is 5.17. The summed E-state index contributed by atoms with van der Waals surface area (Å²) < 4.78 is 15.9. The average molecular weight is 388 g/mol. The Morgan fingerprint density at radius 2 is 2.07 bits per heavy atom. The second kappa shape index (κ2) is 8.41. The van der Waals surface area contributed by atoms with Crippen LogP contribution in [-0.2, 0) is 24.9 Å². The van der Waals surface area contributed by atoms with Gasteiger partial charge in [0.2, 0.25) is 5.91 Å². The molecule has 2 aromatic rings. The summed E-state index contributed by atoms with van der Waals surface area (Å²) in [4.78, 5) is 39.0.